The molecule has 2 aromatic carbocycles. The number of nitrogens with one attached hydrogen (secondary N) is 1. The molecule has 63 heavy (non-hydrogen) atoms. The zero-order chi connectivity index (χ0) is 44.6. The minimum Gasteiger partial charge on any atom is -0.459 e. The molecule has 0 saturated heterocycles. The number of allylic oxidation sites excluding steroid dienone is 1. The number of amides is 2. The fourth-order valence-electron chi connectivity index (χ4n) is 10.6. The topological polar surface area (TPSA) is 158 Å². The van der Waals surface area contributed by atoms with Crippen molar-refractivity contribution in [1.29, 1.82) is 0 Å². The molecule has 2 amide bonds. The molecule has 344 valence electrons. The minimum absolute atomic E-state index is 0.00322. The van der Waals surface area contributed by atoms with E-state index in [9.17, 15) is 15.0 Å². The van der Waals surface area contributed by atoms with Crippen molar-refractivity contribution >= 4 is 17.7 Å². The van der Waals surface area contributed by atoms with Crippen molar-refractivity contribution in [1.82, 2.24) is 10.2 Å². The van der Waals surface area contributed by atoms with Gasteiger partial charge in [-0.1, -0.05) is 61.9 Å². The van der Waals surface area contributed by atoms with Crippen molar-refractivity contribution in [2.45, 2.75) is 141 Å². The molecule has 13 nitrogen and oxygen atoms in total. The fraction of sp³-hybridized carbons (Fsp3) is 0.620. The standard InChI is InChI=1S/C50H69N3O10/c1-6-26-60-50-44(53(45(56)23-19-33-14-8-9-15-33)31-34-18-21-42-43(27-34)59-32-58-42)30-40(52-63-49(3,4)5)38-28-35(16-10-12-24-54)37(17-11-13-25-55)46(47(38)50)39-29-36(20-22-41(39)62-50)61-48(57)51-7-2/h6,18,20-22,27-29,33,35,37,44,46-47,54-55H,1,7-17,19,23-26,30-32H2,2-5H3,(H,51,57)/t35-,37+,44-,46+,47+,50+/m0/s1. The summed E-state index contributed by atoms with van der Waals surface area (Å²) in [6, 6.07) is 10.7. The Morgan fingerprint density at radius 3 is 2.46 bits per heavy atom. The van der Waals surface area contributed by atoms with Gasteiger partial charge in [-0.3, -0.25) is 4.79 Å². The highest BCUT2D eigenvalue weighted by molar-refractivity contribution is 6.03. The van der Waals surface area contributed by atoms with Crippen LogP contribution in [0.3, 0.4) is 0 Å². The van der Waals surface area contributed by atoms with E-state index in [2.05, 4.69) is 18.0 Å². The Morgan fingerprint density at radius 2 is 1.73 bits per heavy atom. The van der Waals surface area contributed by atoms with Crippen molar-refractivity contribution in [2.24, 2.45) is 28.8 Å². The van der Waals surface area contributed by atoms with E-state index in [1.54, 1.807) is 12.1 Å². The highest BCUT2D eigenvalue weighted by atomic mass is 16.7. The molecule has 0 radical (unpaired) electrons. The number of carbonyl (C=O) groups excluding carboxylic acids is 2. The monoisotopic (exact) mass is 871 g/mol. The average Bonchev–Trinajstić information content (AvgIpc) is 3.97. The minimum atomic E-state index is -1.43. The smallest absolute Gasteiger partial charge is 0.412 e. The molecule has 13 heteroatoms. The summed E-state index contributed by atoms with van der Waals surface area (Å²) in [6.45, 7) is 13.0. The van der Waals surface area contributed by atoms with E-state index >= 15 is 4.79 Å². The highest BCUT2D eigenvalue weighted by Crippen LogP contribution is 2.62. The Balaban J connectivity index is 1.44. The summed E-state index contributed by atoms with van der Waals surface area (Å²) in [7, 11) is 0. The van der Waals surface area contributed by atoms with Crippen LogP contribution in [0.1, 0.15) is 128 Å². The van der Waals surface area contributed by atoms with Gasteiger partial charge in [0.25, 0.3) is 0 Å². The van der Waals surface area contributed by atoms with Gasteiger partial charge < -0.3 is 49.0 Å². The van der Waals surface area contributed by atoms with Crippen LogP contribution in [0.15, 0.2) is 65.9 Å². The lowest BCUT2D eigenvalue weighted by atomic mass is 9.55. The third kappa shape index (κ3) is 10.7. The first-order valence-electron chi connectivity index (χ1n) is 23.4. The largest absolute Gasteiger partial charge is 0.459 e. The predicted octanol–water partition coefficient (Wildman–Crippen LogP) is 8.95. The van der Waals surface area contributed by atoms with Gasteiger partial charge in [0.05, 0.1) is 18.2 Å². The zero-order valence-corrected chi connectivity index (χ0v) is 37.8. The van der Waals surface area contributed by atoms with E-state index in [4.69, 9.17) is 33.7 Å². The second-order valence-electron chi connectivity index (χ2n) is 18.8. The molecule has 0 spiro atoms. The quantitative estimate of drug-likeness (QED) is 0.0667. The van der Waals surface area contributed by atoms with Crippen molar-refractivity contribution in [3.05, 3.63) is 71.8 Å². The Kier molecular flexibility index (Phi) is 15.4. The molecule has 2 aromatic rings. The first-order chi connectivity index (χ1) is 30.5. The normalized spacial score (nSPS) is 25.4. The van der Waals surface area contributed by atoms with Crippen LogP contribution in [-0.4, -0.2) is 83.4 Å². The lowest BCUT2D eigenvalue weighted by molar-refractivity contribution is -0.258. The van der Waals surface area contributed by atoms with Crippen LogP contribution in [0, 0.1) is 23.7 Å². The Morgan fingerprint density at radius 1 is 0.984 bits per heavy atom. The molecule has 3 N–H and O–H groups in total. The van der Waals surface area contributed by atoms with Crippen LogP contribution < -0.4 is 24.3 Å². The number of aliphatic hydroxyl groups excluding tert-OH is 2. The van der Waals surface area contributed by atoms with Gasteiger partial charge in [0.2, 0.25) is 18.5 Å². The number of nitrogens with zero attached hydrogens (tertiary/aromatic N) is 2. The number of ether oxygens (including phenoxy) is 5. The second kappa shape index (κ2) is 20.9. The van der Waals surface area contributed by atoms with Gasteiger partial charge >= 0.3 is 6.09 Å². The van der Waals surface area contributed by atoms with E-state index < -0.39 is 29.4 Å². The SMILES string of the molecule is C=CCO[C@@]12Oc3ccc(OC(=O)NCC)cc3[C@H]3[C@H](CCCCO)[C@@H](CCCCO)C=C(C(=NOC(C)(C)C)C[C@@H]1N(Cc1ccc4c(c1)OCO4)C(=O)CCC1CCCC1)[C@H]32. The van der Waals surface area contributed by atoms with Gasteiger partial charge in [-0.15, -0.1) is 6.58 Å². The summed E-state index contributed by atoms with van der Waals surface area (Å²) in [5, 5.41) is 27.7. The Hall–Kier alpha value is -4.59. The van der Waals surface area contributed by atoms with Gasteiger partial charge in [0, 0.05) is 50.6 Å². The number of carbonyl (C=O) groups is 2. The van der Waals surface area contributed by atoms with Crippen LogP contribution >= 0.6 is 0 Å². The first kappa shape index (κ1) is 46.4. The van der Waals surface area contributed by atoms with Crippen LogP contribution in [0.25, 0.3) is 0 Å². The molecule has 0 unspecified atom stereocenters. The first-order valence-corrected chi connectivity index (χ1v) is 23.4. The number of hydrogen-bond donors (Lipinski definition) is 3. The molecule has 3 aliphatic carbocycles. The molecule has 2 fully saturated rings. The van der Waals surface area contributed by atoms with Crippen molar-refractivity contribution < 1.29 is 48.3 Å². The van der Waals surface area contributed by atoms with Gasteiger partial charge in [0.15, 0.2) is 11.5 Å². The number of rotatable bonds is 20. The lowest BCUT2D eigenvalue weighted by Gasteiger charge is -2.60. The van der Waals surface area contributed by atoms with E-state index in [0.29, 0.717) is 54.7 Å². The molecule has 5 aliphatic rings. The summed E-state index contributed by atoms with van der Waals surface area (Å²) in [4.78, 5) is 36.3. The lowest BCUT2D eigenvalue weighted by Crippen LogP contribution is -2.70. The maximum absolute atomic E-state index is 15.2. The highest BCUT2D eigenvalue weighted by Gasteiger charge is 2.65. The molecule has 6 atom stereocenters. The molecular formula is C50H69N3O10. The van der Waals surface area contributed by atoms with Gasteiger partial charge in [0.1, 0.15) is 23.1 Å². The molecule has 2 heterocycles. The van der Waals surface area contributed by atoms with Crippen LogP contribution in [0.5, 0.6) is 23.0 Å². The number of fused-ring (bicyclic) bond motifs is 3. The Labute approximate surface area is 373 Å². The van der Waals surface area contributed by atoms with Gasteiger partial charge in [-0.2, -0.15) is 0 Å². The number of benzene rings is 2. The maximum Gasteiger partial charge on any atom is 0.412 e. The number of unbranched alkanes of at least 4 members (excludes halogenated alkanes) is 2. The molecule has 7 rings (SSSR count). The summed E-state index contributed by atoms with van der Waals surface area (Å²) in [5.41, 5.74) is 2.82. The number of hydrogen-bond acceptors (Lipinski definition) is 11. The predicted molar refractivity (Wildman–Crippen MR) is 240 cm³/mol. The third-order valence-electron chi connectivity index (χ3n) is 13.3. The number of oxime groups is 1. The third-order valence-corrected chi connectivity index (χ3v) is 13.3. The van der Waals surface area contributed by atoms with Crippen molar-refractivity contribution in [2.75, 3.05) is 33.2 Å². The fourth-order valence-corrected chi connectivity index (χ4v) is 10.6. The van der Waals surface area contributed by atoms with E-state index in [-0.39, 0.29) is 63.2 Å². The second-order valence-corrected chi connectivity index (χ2v) is 18.8. The van der Waals surface area contributed by atoms with E-state index in [1.165, 1.54) is 12.8 Å². The summed E-state index contributed by atoms with van der Waals surface area (Å²) in [6.07, 6.45) is 14.1. The van der Waals surface area contributed by atoms with Crippen molar-refractivity contribution in [3.8, 4) is 23.0 Å². The van der Waals surface area contributed by atoms with Crippen molar-refractivity contribution in [3.63, 3.8) is 0 Å². The molecule has 0 aromatic heterocycles. The number of aliphatic hydroxyl groups is 2. The molecular weight excluding hydrogens is 803 g/mol. The Bertz CT molecular complexity index is 1970. The van der Waals surface area contributed by atoms with Crippen LogP contribution in [-0.2, 0) is 20.9 Å². The van der Waals surface area contributed by atoms with E-state index in [1.807, 2.05) is 62.9 Å². The van der Waals surface area contributed by atoms with Crippen LogP contribution in [0.4, 0.5) is 4.79 Å². The summed E-state index contributed by atoms with van der Waals surface area (Å²) >= 11 is 0. The summed E-state index contributed by atoms with van der Waals surface area (Å²) < 4.78 is 32.0. The maximum atomic E-state index is 15.2. The van der Waals surface area contributed by atoms with Crippen LogP contribution in [0.2, 0.25) is 0 Å². The van der Waals surface area contributed by atoms with Gasteiger partial charge in [-0.25, -0.2) is 4.79 Å². The van der Waals surface area contributed by atoms with E-state index in [0.717, 1.165) is 67.4 Å². The average molecular weight is 872 g/mol. The molecule has 0 bridgehead atoms. The zero-order valence-electron chi connectivity index (χ0n) is 37.8. The molecule has 2 saturated carbocycles. The summed E-state index contributed by atoms with van der Waals surface area (Å²) in [5.74, 6) is 0.656. The van der Waals surface area contributed by atoms with Gasteiger partial charge in [-0.05, 0) is 119 Å². The molecule has 2 aliphatic heterocycles.